The van der Waals surface area contributed by atoms with Crippen LogP contribution in [0.4, 0.5) is 0 Å². The van der Waals surface area contributed by atoms with E-state index in [2.05, 4.69) is 42.2 Å². The number of amides is 9. The average molecular weight is 1200 g/mol. The molecule has 27 heteroatoms. The summed E-state index contributed by atoms with van der Waals surface area (Å²) >= 11 is 0. The standard InChI is InChI=1S/C58H98N14O13/c1-9-34(7)46(53(80)67-42(30-36-20-22-37(74)23-21-36)50(77)66-41(28-32(3)4)49(76)65-40(57(84)85)16-11-12-24-59)69-52(79)45-19-15-27-72(45)56(83)43(29-33(5)6)68-54(81)47(35(8)10-2)70-51(78)44-18-14-26-71(44)55(82)39(17-13-25-63-58(61)62)64-48(75)38(60)31-73/h20-23,32-35,38-47,73-74H,9-19,24-31,59-60H2,1-8H3,(H,64,75)(H,65,76)(H,66,77)(H,67,80)(H,68,81)(H,69,79)(H,70,78)(H,84,85)(H4,61,62,63)/t34-,35-,38-,39-,40-,41-,42-,43-,44-,45-,46-,47-/m0/s1. The van der Waals surface area contributed by atoms with Crippen LogP contribution in [0.3, 0.4) is 0 Å². The van der Waals surface area contributed by atoms with Gasteiger partial charge in [0.1, 0.15) is 66.2 Å². The van der Waals surface area contributed by atoms with Gasteiger partial charge in [-0.1, -0.05) is 80.4 Å². The number of nitrogens with one attached hydrogen (secondary N) is 7. The number of aliphatic imine (C=N–C) groups is 1. The first-order valence-electron chi connectivity index (χ1n) is 30.0. The highest BCUT2D eigenvalue weighted by Crippen LogP contribution is 2.24. The lowest BCUT2D eigenvalue weighted by Gasteiger charge is -2.33. The Morgan fingerprint density at radius 2 is 1.05 bits per heavy atom. The molecule has 85 heavy (non-hydrogen) atoms. The van der Waals surface area contributed by atoms with Crippen LogP contribution in [0.1, 0.15) is 144 Å². The second-order valence-corrected chi connectivity index (χ2v) is 23.4. The van der Waals surface area contributed by atoms with Gasteiger partial charge in [-0.15, -0.1) is 0 Å². The number of nitrogens with two attached hydrogens (primary N) is 4. The van der Waals surface area contributed by atoms with Gasteiger partial charge in [0.25, 0.3) is 0 Å². The minimum absolute atomic E-state index is 0.0439. The third-order valence-electron chi connectivity index (χ3n) is 15.6. The van der Waals surface area contributed by atoms with Crippen molar-refractivity contribution in [1.29, 1.82) is 0 Å². The number of carbonyl (C=O) groups is 10. The van der Waals surface area contributed by atoms with Crippen molar-refractivity contribution in [2.75, 3.05) is 32.8 Å². The van der Waals surface area contributed by atoms with E-state index in [4.69, 9.17) is 22.9 Å². The van der Waals surface area contributed by atoms with Crippen molar-refractivity contribution >= 4 is 65.1 Å². The first kappa shape index (κ1) is 72.1. The van der Waals surface area contributed by atoms with Gasteiger partial charge in [-0.2, -0.15) is 0 Å². The number of unbranched alkanes of at least 4 members (excludes halogenated alkanes) is 1. The van der Waals surface area contributed by atoms with Crippen LogP contribution in [0, 0.1) is 23.7 Å². The van der Waals surface area contributed by atoms with Gasteiger partial charge < -0.3 is 85.3 Å². The Labute approximate surface area is 499 Å². The second kappa shape index (κ2) is 36.0. The number of carboxylic acid groups (broad SMARTS) is 1. The maximum atomic E-state index is 14.8. The highest BCUT2D eigenvalue weighted by Gasteiger charge is 2.43. The second-order valence-electron chi connectivity index (χ2n) is 23.4. The number of hydrogen-bond donors (Lipinski definition) is 14. The van der Waals surface area contributed by atoms with Crippen molar-refractivity contribution in [3.05, 3.63) is 29.8 Å². The number of nitrogens with zero attached hydrogens (tertiary/aromatic N) is 3. The topological polar surface area (TPSA) is 439 Å². The van der Waals surface area contributed by atoms with E-state index >= 15 is 0 Å². The molecule has 9 amide bonds. The molecule has 1 aromatic rings. The molecular formula is C58H98N14O13. The number of likely N-dealkylation sites (tertiary alicyclic amines) is 2. The predicted octanol–water partition coefficient (Wildman–Crippen LogP) is -0.919. The van der Waals surface area contributed by atoms with Crippen molar-refractivity contribution < 1.29 is 63.3 Å². The number of carboxylic acids is 1. The van der Waals surface area contributed by atoms with Gasteiger partial charge in [0, 0.05) is 26.1 Å². The van der Waals surface area contributed by atoms with Gasteiger partial charge in [0.15, 0.2) is 5.96 Å². The van der Waals surface area contributed by atoms with Crippen LogP contribution in [-0.4, -0.2) is 183 Å². The SMILES string of the molecule is CC[C@H](C)[C@H](NC(=O)[C@@H]1CCCN1C(=O)[C@H](CC(C)C)NC(=O)[C@@H](NC(=O)[C@@H]1CCCN1C(=O)[C@H](CCCN=C(N)N)NC(=O)[C@@H](N)CO)[C@@H](C)CC)C(=O)N[C@@H](Cc1ccc(O)cc1)C(=O)N[C@@H](CC(C)C)C(=O)N[C@@H](CCCCN)C(=O)O. The summed E-state index contributed by atoms with van der Waals surface area (Å²) in [7, 11) is 0. The van der Waals surface area contributed by atoms with Crippen molar-refractivity contribution in [2.45, 2.75) is 206 Å². The van der Waals surface area contributed by atoms with E-state index in [0.717, 1.165) is 0 Å². The highest BCUT2D eigenvalue weighted by molar-refractivity contribution is 5.99. The Bertz CT molecular complexity index is 2430. The number of aromatic hydroxyl groups is 1. The lowest BCUT2D eigenvalue weighted by molar-refractivity contribution is -0.144. The Morgan fingerprint density at radius 3 is 1.52 bits per heavy atom. The number of aliphatic carboxylic acids is 1. The van der Waals surface area contributed by atoms with Crippen LogP contribution in [0.5, 0.6) is 5.75 Å². The maximum Gasteiger partial charge on any atom is 0.326 e. The molecule has 0 aromatic heterocycles. The Morgan fingerprint density at radius 1 is 0.600 bits per heavy atom. The summed E-state index contributed by atoms with van der Waals surface area (Å²) < 4.78 is 0. The molecule has 0 saturated carbocycles. The van der Waals surface area contributed by atoms with Crippen molar-refractivity contribution in [3.63, 3.8) is 0 Å². The molecule has 2 saturated heterocycles. The largest absolute Gasteiger partial charge is 0.508 e. The number of phenolic OH excluding ortho intramolecular Hbond substituents is 1. The molecule has 0 bridgehead atoms. The molecule has 2 aliphatic rings. The zero-order chi connectivity index (χ0) is 63.7. The fraction of sp³-hybridized carbons (Fsp3) is 0.707. The monoisotopic (exact) mass is 1200 g/mol. The number of aliphatic hydroxyl groups excluding tert-OH is 1. The predicted molar refractivity (Wildman–Crippen MR) is 318 cm³/mol. The van der Waals surface area contributed by atoms with Gasteiger partial charge in [-0.05, 0) is 119 Å². The number of benzene rings is 1. The van der Waals surface area contributed by atoms with Gasteiger partial charge in [-0.25, -0.2) is 4.79 Å². The molecule has 18 N–H and O–H groups in total. The summed E-state index contributed by atoms with van der Waals surface area (Å²) in [5, 5.41) is 48.7. The third kappa shape index (κ3) is 23.0. The summed E-state index contributed by atoms with van der Waals surface area (Å²) in [5.74, 6) is -8.84. The van der Waals surface area contributed by atoms with Crippen molar-refractivity contribution in [1.82, 2.24) is 47.0 Å². The molecular weight excluding hydrogens is 1100 g/mol. The van der Waals surface area contributed by atoms with Gasteiger partial charge in [-0.3, -0.25) is 48.1 Å². The summed E-state index contributed by atoms with van der Waals surface area (Å²) in [6.45, 7) is 14.6. The van der Waals surface area contributed by atoms with Crippen LogP contribution in [0.2, 0.25) is 0 Å². The third-order valence-corrected chi connectivity index (χ3v) is 15.6. The van der Waals surface area contributed by atoms with Gasteiger partial charge >= 0.3 is 5.97 Å². The van der Waals surface area contributed by atoms with E-state index < -0.39 is 138 Å². The summed E-state index contributed by atoms with van der Waals surface area (Å²) in [5.41, 5.74) is 22.8. The molecule has 1 aromatic carbocycles. The lowest BCUT2D eigenvalue weighted by atomic mass is 9.95. The molecule has 2 aliphatic heterocycles. The van der Waals surface area contributed by atoms with Crippen LogP contribution in [-0.2, 0) is 54.4 Å². The first-order valence-corrected chi connectivity index (χ1v) is 30.0. The van der Waals surface area contributed by atoms with E-state index in [1.807, 2.05) is 41.5 Å². The molecule has 3 rings (SSSR count). The molecule has 478 valence electrons. The normalized spacial score (nSPS) is 18.5. The molecule has 0 radical (unpaired) electrons. The van der Waals surface area contributed by atoms with Crippen LogP contribution in [0.15, 0.2) is 29.3 Å². The Balaban J connectivity index is 1.88. The molecule has 0 aliphatic carbocycles. The van der Waals surface area contributed by atoms with E-state index in [-0.39, 0.29) is 94.5 Å². The molecule has 0 spiro atoms. The number of carbonyl (C=O) groups excluding carboxylic acids is 9. The quantitative estimate of drug-likeness (QED) is 0.0220. The van der Waals surface area contributed by atoms with Crippen LogP contribution in [0.25, 0.3) is 0 Å². The molecule has 12 atom stereocenters. The molecule has 2 heterocycles. The molecule has 0 unspecified atom stereocenters. The van der Waals surface area contributed by atoms with E-state index in [1.165, 1.54) is 21.9 Å². The zero-order valence-electron chi connectivity index (χ0n) is 50.9. The van der Waals surface area contributed by atoms with Crippen LogP contribution < -0.4 is 60.2 Å². The number of rotatable bonds is 36. The number of phenols is 1. The first-order chi connectivity index (χ1) is 40.2. The minimum atomic E-state index is -1.35. The smallest absolute Gasteiger partial charge is 0.326 e. The highest BCUT2D eigenvalue weighted by atomic mass is 16.4. The summed E-state index contributed by atoms with van der Waals surface area (Å²) in [6.07, 6.45) is 3.70. The van der Waals surface area contributed by atoms with Crippen molar-refractivity contribution in [2.24, 2.45) is 51.6 Å². The summed E-state index contributed by atoms with van der Waals surface area (Å²) in [4.78, 5) is 146. The maximum absolute atomic E-state index is 14.8. The lowest BCUT2D eigenvalue weighted by Crippen LogP contribution is -2.61. The van der Waals surface area contributed by atoms with Crippen molar-refractivity contribution in [3.8, 4) is 5.75 Å². The number of guanidine groups is 1. The summed E-state index contributed by atoms with van der Waals surface area (Å²) in [6, 6.07) is -6.02. The van der Waals surface area contributed by atoms with E-state index in [1.54, 1.807) is 26.0 Å². The Hall–Kier alpha value is -7.13. The molecule has 2 fully saturated rings. The minimum Gasteiger partial charge on any atom is -0.508 e. The van der Waals surface area contributed by atoms with E-state index in [9.17, 15) is 63.3 Å². The zero-order valence-corrected chi connectivity index (χ0v) is 50.9. The number of hydrogen-bond acceptors (Lipinski definition) is 15. The molecule has 27 nitrogen and oxygen atoms in total. The number of aliphatic hydroxyl groups is 1. The van der Waals surface area contributed by atoms with Gasteiger partial charge in [0.2, 0.25) is 53.2 Å². The Kier molecular flexibility index (Phi) is 30.5. The average Bonchev–Trinajstić information content (AvgIpc) is 3.48. The fourth-order valence-electron chi connectivity index (χ4n) is 10.3. The van der Waals surface area contributed by atoms with E-state index in [0.29, 0.717) is 50.6 Å². The van der Waals surface area contributed by atoms with Gasteiger partial charge in [0.05, 0.1) is 6.61 Å². The van der Waals surface area contributed by atoms with Crippen LogP contribution >= 0.6 is 0 Å². The fourth-order valence-corrected chi connectivity index (χ4v) is 10.3.